The number of rotatable bonds is 7. The van der Waals surface area contributed by atoms with Gasteiger partial charge in [-0.25, -0.2) is 0 Å². The highest BCUT2D eigenvalue weighted by atomic mass is 15.2. The third kappa shape index (κ3) is 5.21. The first-order chi connectivity index (χ1) is 8.38. The lowest BCUT2D eigenvalue weighted by molar-refractivity contribution is 0.358. The first-order valence-electron chi connectivity index (χ1n) is 7.11. The van der Waals surface area contributed by atoms with Gasteiger partial charge < -0.3 is 5.32 Å². The summed E-state index contributed by atoms with van der Waals surface area (Å²) in [4.78, 5) is 0. The standard InChI is InChI=1S/C15H29N3/c1-11(2)7-15(8-12(3)4)16-9-14-10-18(6)17-13(14)5/h10-12,15-16H,7-9H2,1-6H3. The van der Waals surface area contributed by atoms with Gasteiger partial charge in [-0.3, -0.25) is 4.68 Å². The highest BCUT2D eigenvalue weighted by Crippen LogP contribution is 2.14. The molecule has 104 valence electrons. The summed E-state index contributed by atoms with van der Waals surface area (Å²) in [5.74, 6) is 1.49. The highest BCUT2D eigenvalue weighted by Gasteiger charge is 2.13. The SMILES string of the molecule is Cc1nn(C)cc1CNC(CC(C)C)CC(C)C. The second-order valence-corrected chi connectivity index (χ2v) is 6.25. The average molecular weight is 251 g/mol. The Balaban J connectivity index is 2.52. The molecule has 0 aliphatic heterocycles. The largest absolute Gasteiger partial charge is 0.310 e. The first-order valence-corrected chi connectivity index (χ1v) is 7.11. The van der Waals surface area contributed by atoms with Crippen molar-refractivity contribution in [3.05, 3.63) is 17.5 Å². The third-order valence-electron chi connectivity index (χ3n) is 3.21. The van der Waals surface area contributed by atoms with Gasteiger partial charge in [0.15, 0.2) is 0 Å². The highest BCUT2D eigenvalue weighted by molar-refractivity contribution is 5.14. The van der Waals surface area contributed by atoms with E-state index in [0.29, 0.717) is 6.04 Å². The predicted molar refractivity (Wildman–Crippen MR) is 77.5 cm³/mol. The molecule has 0 saturated carbocycles. The fourth-order valence-corrected chi connectivity index (χ4v) is 2.48. The van der Waals surface area contributed by atoms with Crippen LogP contribution in [0.4, 0.5) is 0 Å². The van der Waals surface area contributed by atoms with E-state index in [1.165, 1.54) is 18.4 Å². The summed E-state index contributed by atoms with van der Waals surface area (Å²) < 4.78 is 1.90. The summed E-state index contributed by atoms with van der Waals surface area (Å²) in [6, 6.07) is 0.615. The molecule has 0 aliphatic rings. The molecule has 0 radical (unpaired) electrons. The van der Waals surface area contributed by atoms with E-state index >= 15 is 0 Å². The first kappa shape index (κ1) is 15.2. The molecule has 0 atom stereocenters. The van der Waals surface area contributed by atoms with E-state index in [2.05, 4.69) is 51.2 Å². The van der Waals surface area contributed by atoms with Crippen molar-refractivity contribution in [2.75, 3.05) is 0 Å². The predicted octanol–water partition coefficient (Wildman–Crippen LogP) is 3.28. The Morgan fingerprint density at radius 1 is 1.17 bits per heavy atom. The van der Waals surface area contributed by atoms with Gasteiger partial charge in [-0.1, -0.05) is 27.7 Å². The average Bonchev–Trinajstić information content (AvgIpc) is 2.52. The summed E-state index contributed by atoms with van der Waals surface area (Å²) in [5, 5.41) is 8.09. The molecule has 0 aliphatic carbocycles. The second kappa shape index (κ2) is 6.93. The van der Waals surface area contributed by atoms with Crippen molar-refractivity contribution in [1.82, 2.24) is 15.1 Å². The van der Waals surface area contributed by atoms with Crippen molar-refractivity contribution in [1.29, 1.82) is 0 Å². The van der Waals surface area contributed by atoms with Crippen molar-refractivity contribution in [3.8, 4) is 0 Å². The molecule has 0 aromatic carbocycles. The normalized spacial score (nSPS) is 12.1. The second-order valence-electron chi connectivity index (χ2n) is 6.25. The smallest absolute Gasteiger partial charge is 0.0638 e. The number of hydrogen-bond donors (Lipinski definition) is 1. The van der Waals surface area contributed by atoms with Gasteiger partial charge in [-0.2, -0.15) is 5.10 Å². The fraction of sp³-hybridized carbons (Fsp3) is 0.800. The molecule has 1 N–H and O–H groups in total. The quantitative estimate of drug-likeness (QED) is 0.806. The summed E-state index contributed by atoms with van der Waals surface area (Å²) >= 11 is 0. The van der Waals surface area contributed by atoms with Gasteiger partial charge in [0.2, 0.25) is 0 Å². The molecule has 1 heterocycles. The van der Waals surface area contributed by atoms with Gasteiger partial charge in [0.25, 0.3) is 0 Å². The zero-order valence-electron chi connectivity index (χ0n) is 12.8. The van der Waals surface area contributed by atoms with Gasteiger partial charge in [0.05, 0.1) is 5.69 Å². The minimum absolute atomic E-state index is 0.615. The number of nitrogens with zero attached hydrogens (tertiary/aromatic N) is 2. The Morgan fingerprint density at radius 3 is 2.11 bits per heavy atom. The maximum atomic E-state index is 4.39. The summed E-state index contributed by atoms with van der Waals surface area (Å²) in [7, 11) is 1.98. The van der Waals surface area contributed by atoms with E-state index in [1.807, 2.05) is 11.7 Å². The van der Waals surface area contributed by atoms with Crippen LogP contribution in [0, 0.1) is 18.8 Å². The molecule has 0 unspecified atom stereocenters. The van der Waals surface area contributed by atoms with Crippen LogP contribution in [0.2, 0.25) is 0 Å². The summed E-state index contributed by atoms with van der Waals surface area (Å²) in [6.07, 6.45) is 4.61. The van der Waals surface area contributed by atoms with E-state index in [1.54, 1.807) is 0 Å². The van der Waals surface area contributed by atoms with Crippen molar-refractivity contribution in [2.24, 2.45) is 18.9 Å². The summed E-state index contributed by atoms with van der Waals surface area (Å²) in [5.41, 5.74) is 2.45. The van der Waals surface area contributed by atoms with Crippen molar-refractivity contribution in [2.45, 2.75) is 60.0 Å². The van der Waals surface area contributed by atoms with Crippen LogP contribution in [0.1, 0.15) is 51.8 Å². The molecular formula is C15H29N3. The molecule has 0 spiro atoms. The molecule has 1 rings (SSSR count). The van der Waals surface area contributed by atoms with E-state index in [-0.39, 0.29) is 0 Å². The van der Waals surface area contributed by atoms with Crippen molar-refractivity contribution in [3.63, 3.8) is 0 Å². The minimum atomic E-state index is 0.615. The van der Waals surface area contributed by atoms with Crippen molar-refractivity contribution >= 4 is 0 Å². The zero-order chi connectivity index (χ0) is 13.7. The molecule has 1 aromatic rings. The van der Waals surface area contributed by atoms with E-state index < -0.39 is 0 Å². The molecule has 1 aromatic heterocycles. The molecule has 0 saturated heterocycles. The number of nitrogens with one attached hydrogen (secondary N) is 1. The van der Waals surface area contributed by atoms with Crippen LogP contribution in [0.25, 0.3) is 0 Å². The van der Waals surface area contributed by atoms with Gasteiger partial charge in [0.1, 0.15) is 0 Å². The van der Waals surface area contributed by atoms with Crippen LogP contribution in [0.15, 0.2) is 6.20 Å². The van der Waals surface area contributed by atoms with Crippen LogP contribution in [0.5, 0.6) is 0 Å². The van der Waals surface area contributed by atoms with Crippen LogP contribution in [-0.4, -0.2) is 15.8 Å². The lowest BCUT2D eigenvalue weighted by Gasteiger charge is -2.22. The molecule has 3 nitrogen and oxygen atoms in total. The third-order valence-corrected chi connectivity index (χ3v) is 3.21. The van der Waals surface area contributed by atoms with Crippen LogP contribution in [0.3, 0.4) is 0 Å². The van der Waals surface area contributed by atoms with Gasteiger partial charge >= 0.3 is 0 Å². The van der Waals surface area contributed by atoms with Crippen LogP contribution in [-0.2, 0) is 13.6 Å². The maximum absolute atomic E-state index is 4.39. The maximum Gasteiger partial charge on any atom is 0.0638 e. The van der Waals surface area contributed by atoms with Crippen molar-refractivity contribution < 1.29 is 0 Å². The van der Waals surface area contributed by atoms with Crippen LogP contribution >= 0.6 is 0 Å². The Hall–Kier alpha value is -0.830. The number of hydrogen-bond acceptors (Lipinski definition) is 2. The fourth-order valence-electron chi connectivity index (χ4n) is 2.48. The lowest BCUT2D eigenvalue weighted by Crippen LogP contribution is -2.31. The molecule has 0 fully saturated rings. The topological polar surface area (TPSA) is 29.9 Å². The lowest BCUT2D eigenvalue weighted by atomic mass is 9.95. The molecule has 0 amide bonds. The van der Waals surface area contributed by atoms with Gasteiger partial charge in [0, 0.05) is 31.4 Å². The van der Waals surface area contributed by atoms with Crippen LogP contribution < -0.4 is 5.32 Å². The molecular weight excluding hydrogens is 222 g/mol. The Kier molecular flexibility index (Phi) is 5.86. The monoisotopic (exact) mass is 251 g/mol. The van der Waals surface area contributed by atoms with Gasteiger partial charge in [-0.15, -0.1) is 0 Å². The number of aryl methyl sites for hydroxylation is 2. The Labute approximate surface area is 112 Å². The molecule has 0 bridgehead atoms. The zero-order valence-corrected chi connectivity index (χ0v) is 12.8. The van der Waals surface area contributed by atoms with Gasteiger partial charge in [-0.05, 0) is 31.6 Å². The van der Waals surface area contributed by atoms with E-state index in [4.69, 9.17) is 0 Å². The number of aromatic nitrogens is 2. The molecule has 3 heteroatoms. The van der Waals surface area contributed by atoms with E-state index in [9.17, 15) is 0 Å². The minimum Gasteiger partial charge on any atom is -0.310 e. The Morgan fingerprint density at radius 2 is 1.72 bits per heavy atom. The molecule has 18 heavy (non-hydrogen) atoms. The van der Waals surface area contributed by atoms with E-state index in [0.717, 1.165) is 24.1 Å². The Bertz CT molecular complexity index is 343. The summed E-state index contributed by atoms with van der Waals surface area (Å²) in [6.45, 7) is 12.2.